The molecule has 0 aromatic heterocycles. The number of hydroxylamine groups is 2. The highest BCUT2D eigenvalue weighted by atomic mass is 16.7. The number of carbonyl (C=O) groups is 1. The first kappa shape index (κ1) is 23.1. The van der Waals surface area contributed by atoms with E-state index in [1.807, 2.05) is 44.2 Å². The molecule has 2 aromatic rings. The second kappa shape index (κ2) is 10.2. The molecule has 34 heavy (non-hydrogen) atoms. The second-order valence-corrected chi connectivity index (χ2v) is 7.83. The Morgan fingerprint density at radius 2 is 1.88 bits per heavy atom. The predicted octanol–water partition coefficient (Wildman–Crippen LogP) is 4.69. The van der Waals surface area contributed by atoms with Gasteiger partial charge in [-0.25, -0.2) is 0 Å². The molecule has 0 radical (unpaired) electrons. The Morgan fingerprint density at radius 3 is 2.68 bits per heavy atom. The fourth-order valence-corrected chi connectivity index (χ4v) is 3.51. The largest absolute Gasteiger partial charge is 0.493 e. The van der Waals surface area contributed by atoms with Crippen LogP contribution in [0.3, 0.4) is 0 Å². The molecule has 8 heteroatoms. The minimum atomic E-state index is -0.488. The van der Waals surface area contributed by atoms with Crippen LogP contribution in [0.5, 0.6) is 17.2 Å². The van der Waals surface area contributed by atoms with E-state index in [2.05, 4.69) is 4.99 Å². The molecule has 1 amide bonds. The van der Waals surface area contributed by atoms with E-state index in [9.17, 15) is 4.79 Å². The molecule has 2 heterocycles. The SMILES string of the molecule is CCOc1cc(/C=C2\C(=N)N3OC(C)=CC3=NC2=O)ccc1OCCCOc1cccc(C)c1. The van der Waals surface area contributed by atoms with Gasteiger partial charge in [0, 0.05) is 12.5 Å². The van der Waals surface area contributed by atoms with Crippen LogP contribution in [0.4, 0.5) is 0 Å². The minimum Gasteiger partial charge on any atom is -0.493 e. The van der Waals surface area contributed by atoms with Crippen molar-refractivity contribution in [1.29, 1.82) is 5.41 Å². The van der Waals surface area contributed by atoms with Crippen molar-refractivity contribution in [3.63, 3.8) is 0 Å². The average molecular weight is 462 g/mol. The van der Waals surface area contributed by atoms with Gasteiger partial charge in [-0.3, -0.25) is 10.2 Å². The lowest BCUT2D eigenvalue weighted by Gasteiger charge is -2.23. The molecule has 2 aromatic carbocycles. The van der Waals surface area contributed by atoms with Crippen molar-refractivity contribution in [3.8, 4) is 17.2 Å². The lowest BCUT2D eigenvalue weighted by Crippen LogP contribution is -2.38. The first-order valence-corrected chi connectivity index (χ1v) is 11.1. The highest BCUT2D eigenvalue weighted by Crippen LogP contribution is 2.31. The van der Waals surface area contributed by atoms with Crippen LogP contribution in [0.1, 0.15) is 31.4 Å². The van der Waals surface area contributed by atoms with Crippen LogP contribution < -0.4 is 14.2 Å². The number of fused-ring (bicyclic) bond motifs is 1. The molecule has 176 valence electrons. The second-order valence-electron chi connectivity index (χ2n) is 7.83. The third-order valence-corrected chi connectivity index (χ3v) is 5.06. The van der Waals surface area contributed by atoms with E-state index in [1.54, 1.807) is 31.2 Å². The number of aliphatic imine (C=N–C) groups is 1. The number of amides is 1. The monoisotopic (exact) mass is 461 g/mol. The van der Waals surface area contributed by atoms with Crippen LogP contribution in [0.2, 0.25) is 0 Å². The van der Waals surface area contributed by atoms with Gasteiger partial charge in [0.1, 0.15) is 11.5 Å². The summed E-state index contributed by atoms with van der Waals surface area (Å²) in [6.07, 6.45) is 3.93. The number of rotatable bonds is 9. The summed E-state index contributed by atoms with van der Waals surface area (Å²) in [4.78, 5) is 22.0. The summed E-state index contributed by atoms with van der Waals surface area (Å²) in [6, 6.07) is 13.3. The number of hydrogen-bond donors (Lipinski definition) is 1. The van der Waals surface area contributed by atoms with Gasteiger partial charge in [0.15, 0.2) is 23.2 Å². The maximum atomic E-state index is 12.5. The molecule has 0 fully saturated rings. The molecular formula is C26H27N3O5. The number of ether oxygens (including phenoxy) is 3. The molecule has 0 bridgehead atoms. The molecule has 4 rings (SSSR count). The predicted molar refractivity (Wildman–Crippen MR) is 129 cm³/mol. The summed E-state index contributed by atoms with van der Waals surface area (Å²) in [5, 5.41) is 9.59. The number of nitrogens with zero attached hydrogens (tertiary/aromatic N) is 2. The van der Waals surface area contributed by atoms with Crippen molar-refractivity contribution < 1.29 is 23.8 Å². The summed E-state index contributed by atoms with van der Waals surface area (Å²) in [6.45, 7) is 7.12. The van der Waals surface area contributed by atoms with Gasteiger partial charge in [-0.1, -0.05) is 18.2 Å². The summed E-state index contributed by atoms with van der Waals surface area (Å²) < 4.78 is 17.4. The maximum absolute atomic E-state index is 12.5. The Kier molecular flexibility index (Phi) is 6.96. The van der Waals surface area contributed by atoms with Gasteiger partial charge in [-0.05, 0) is 62.2 Å². The summed E-state index contributed by atoms with van der Waals surface area (Å²) in [5.41, 5.74) is 1.98. The number of allylic oxidation sites excluding steroid dienone is 1. The van der Waals surface area contributed by atoms with Gasteiger partial charge in [-0.2, -0.15) is 4.99 Å². The van der Waals surface area contributed by atoms with Crippen molar-refractivity contribution in [2.75, 3.05) is 19.8 Å². The molecule has 0 unspecified atom stereocenters. The highest BCUT2D eigenvalue weighted by Gasteiger charge is 2.34. The van der Waals surface area contributed by atoms with Crippen LogP contribution in [-0.4, -0.2) is 42.5 Å². The molecular weight excluding hydrogens is 434 g/mol. The van der Waals surface area contributed by atoms with Gasteiger partial charge < -0.3 is 19.0 Å². The van der Waals surface area contributed by atoms with E-state index in [1.165, 1.54) is 5.06 Å². The number of hydrogen-bond acceptors (Lipinski definition) is 6. The van der Waals surface area contributed by atoms with Crippen molar-refractivity contribution in [2.24, 2.45) is 4.99 Å². The van der Waals surface area contributed by atoms with Crippen LogP contribution in [0.15, 0.2) is 64.9 Å². The summed E-state index contributed by atoms with van der Waals surface area (Å²) >= 11 is 0. The van der Waals surface area contributed by atoms with Crippen LogP contribution in [0.25, 0.3) is 6.08 Å². The Bertz CT molecular complexity index is 1200. The first-order valence-electron chi connectivity index (χ1n) is 11.1. The molecule has 0 aliphatic carbocycles. The van der Waals surface area contributed by atoms with Crippen molar-refractivity contribution >= 4 is 23.7 Å². The van der Waals surface area contributed by atoms with Crippen molar-refractivity contribution in [3.05, 3.63) is 71.0 Å². The Labute approximate surface area is 198 Å². The van der Waals surface area contributed by atoms with Crippen molar-refractivity contribution in [2.45, 2.75) is 27.2 Å². The number of aryl methyl sites for hydroxylation is 1. The Hall–Kier alpha value is -4.07. The average Bonchev–Trinajstić information content (AvgIpc) is 3.18. The van der Waals surface area contributed by atoms with E-state index in [0.29, 0.717) is 54.9 Å². The zero-order chi connectivity index (χ0) is 24.1. The molecule has 0 saturated carbocycles. The summed E-state index contributed by atoms with van der Waals surface area (Å²) in [7, 11) is 0. The zero-order valence-electron chi connectivity index (χ0n) is 19.5. The van der Waals surface area contributed by atoms with E-state index in [-0.39, 0.29) is 11.4 Å². The standard InChI is InChI=1S/C26H27N3O5/c1-4-31-23-16-19(15-21-25(27)29-24(28-26(21)30)14-18(3)34-29)9-10-22(23)33-12-6-11-32-20-8-5-7-17(2)13-20/h5,7-10,13-16,27H,4,6,11-12H2,1-3H3/b21-15+,27-25?. The number of nitrogens with one attached hydrogen (secondary N) is 1. The number of benzene rings is 2. The van der Waals surface area contributed by atoms with E-state index in [0.717, 1.165) is 11.3 Å². The fraction of sp³-hybridized carbons (Fsp3) is 0.269. The van der Waals surface area contributed by atoms with E-state index >= 15 is 0 Å². The normalized spacial score (nSPS) is 16.1. The quantitative estimate of drug-likeness (QED) is 0.430. The topological polar surface area (TPSA) is 93.4 Å². The molecule has 8 nitrogen and oxygen atoms in total. The van der Waals surface area contributed by atoms with E-state index in [4.69, 9.17) is 24.5 Å². The molecule has 0 spiro atoms. The molecule has 2 aliphatic rings. The first-order chi connectivity index (χ1) is 16.4. The Morgan fingerprint density at radius 1 is 1.06 bits per heavy atom. The number of amidine groups is 2. The van der Waals surface area contributed by atoms with Gasteiger partial charge in [-0.15, -0.1) is 5.06 Å². The fourth-order valence-electron chi connectivity index (χ4n) is 3.51. The lowest BCUT2D eigenvalue weighted by atomic mass is 10.1. The molecule has 0 saturated heterocycles. The zero-order valence-corrected chi connectivity index (χ0v) is 19.5. The van der Waals surface area contributed by atoms with Crippen LogP contribution in [-0.2, 0) is 9.63 Å². The van der Waals surface area contributed by atoms with Crippen LogP contribution in [0, 0.1) is 12.3 Å². The Balaban J connectivity index is 1.40. The van der Waals surface area contributed by atoms with Crippen molar-refractivity contribution in [1.82, 2.24) is 5.06 Å². The lowest BCUT2D eigenvalue weighted by molar-refractivity contribution is -0.114. The molecule has 2 aliphatic heterocycles. The third kappa shape index (κ3) is 5.28. The van der Waals surface area contributed by atoms with Gasteiger partial charge in [0.05, 0.1) is 25.4 Å². The highest BCUT2D eigenvalue weighted by molar-refractivity contribution is 6.32. The van der Waals surface area contributed by atoms with E-state index < -0.39 is 5.91 Å². The molecule has 1 N–H and O–H groups in total. The maximum Gasteiger partial charge on any atom is 0.282 e. The smallest absolute Gasteiger partial charge is 0.282 e. The molecule has 0 atom stereocenters. The van der Waals surface area contributed by atoms with Gasteiger partial charge in [0.25, 0.3) is 5.91 Å². The number of carbonyl (C=O) groups excluding carboxylic acids is 1. The van der Waals surface area contributed by atoms with Crippen LogP contribution >= 0.6 is 0 Å². The van der Waals surface area contributed by atoms with Gasteiger partial charge >= 0.3 is 0 Å². The minimum absolute atomic E-state index is 0.0602. The third-order valence-electron chi connectivity index (χ3n) is 5.06. The summed E-state index contributed by atoms with van der Waals surface area (Å²) in [5.74, 6) is 2.35. The van der Waals surface area contributed by atoms with Gasteiger partial charge in [0.2, 0.25) is 0 Å².